The second-order valence-electron chi connectivity index (χ2n) is 6.04. The van der Waals surface area contributed by atoms with Crippen molar-refractivity contribution in [2.45, 2.75) is 26.4 Å². The van der Waals surface area contributed by atoms with Gasteiger partial charge in [0.05, 0.1) is 13.7 Å². The van der Waals surface area contributed by atoms with Gasteiger partial charge in [0.15, 0.2) is 5.76 Å². The predicted molar refractivity (Wildman–Crippen MR) is 88.2 cm³/mol. The quantitative estimate of drug-likeness (QED) is 0.817. The summed E-state index contributed by atoms with van der Waals surface area (Å²) in [5, 5.41) is 6.44. The monoisotopic (exact) mass is 334 g/mol. The van der Waals surface area contributed by atoms with Crippen LogP contribution in [0.2, 0.25) is 0 Å². The van der Waals surface area contributed by atoms with Crippen LogP contribution in [0.5, 0.6) is 11.6 Å². The smallest absolute Gasteiger partial charge is 0.407 e. The van der Waals surface area contributed by atoms with Crippen molar-refractivity contribution < 1.29 is 23.5 Å². The zero-order chi connectivity index (χ0) is 17.6. The molecule has 0 saturated carbocycles. The SMILES string of the molecule is COc1ccc(-c2cc(OCCNC(=O)OC(C)(C)C)no2)cc1. The van der Waals surface area contributed by atoms with Crippen molar-refractivity contribution in [3.8, 4) is 23.0 Å². The minimum absolute atomic E-state index is 0.258. The molecule has 0 radical (unpaired) electrons. The summed E-state index contributed by atoms with van der Waals surface area (Å²) in [4.78, 5) is 11.5. The Morgan fingerprint density at radius 2 is 1.96 bits per heavy atom. The molecule has 2 rings (SSSR count). The topological polar surface area (TPSA) is 82.8 Å². The first-order valence-corrected chi connectivity index (χ1v) is 7.58. The standard InChI is InChI=1S/C17H22N2O5/c1-17(2,3)23-16(20)18-9-10-22-15-11-14(24-19-15)12-5-7-13(21-4)8-6-12/h5-8,11H,9-10H2,1-4H3,(H,18,20). The van der Waals surface area contributed by atoms with E-state index < -0.39 is 11.7 Å². The van der Waals surface area contributed by atoms with Crippen LogP contribution in [0.4, 0.5) is 4.79 Å². The number of rotatable bonds is 6. The largest absolute Gasteiger partial charge is 0.497 e. The summed E-state index contributed by atoms with van der Waals surface area (Å²) in [7, 11) is 1.61. The summed E-state index contributed by atoms with van der Waals surface area (Å²) in [6, 6.07) is 9.10. The molecule has 1 aromatic heterocycles. The van der Waals surface area contributed by atoms with Gasteiger partial charge in [-0.05, 0) is 50.2 Å². The fourth-order valence-electron chi connectivity index (χ4n) is 1.84. The van der Waals surface area contributed by atoms with Crippen LogP contribution in [0, 0.1) is 0 Å². The fourth-order valence-corrected chi connectivity index (χ4v) is 1.84. The van der Waals surface area contributed by atoms with Crippen molar-refractivity contribution in [3.63, 3.8) is 0 Å². The van der Waals surface area contributed by atoms with E-state index in [1.54, 1.807) is 33.9 Å². The third-order valence-corrected chi connectivity index (χ3v) is 2.88. The molecule has 0 aliphatic carbocycles. The van der Waals surface area contributed by atoms with Gasteiger partial charge in [0, 0.05) is 11.6 Å². The first kappa shape index (κ1) is 17.7. The number of hydrogen-bond acceptors (Lipinski definition) is 6. The highest BCUT2D eigenvalue weighted by molar-refractivity contribution is 5.67. The fraction of sp³-hybridized carbons (Fsp3) is 0.412. The molecule has 0 spiro atoms. The van der Waals surface area contributed by atoms with Gasteiger partial charge in [0.1, 0.15) is 18.0 Å². The van der Waals surface area contributed by atoms with E-state index in [2.05, 4.69) is 10.5 Å². The lowest BCUT2D eigenvalue weighted by atomic mass is 10.2. The number of amides is 1. The van der Waals surface area contributed by atoms with Gasteiger partial charge < -0.3 is 24.1 Å². The van der Waals surface area contributed by atoms with Crippen molar-refractivity contribution in [1.82, 2.24) is 10.5 Å². The lowest BCUT2D eigenvalue weighted by Crippen LogP contribution is -2.34. The average Bonchev–Trinajstić information content (AvgIpc) is 2.99. The molecular formula is C17H22N2O5. The molecule has 0 saturated heterocycles. The van der Waals surface area contributed by atoms with Crippen LogP contribution in [-0.4, -0.2) is 37.1 Å². The maximum absolute atomic E-state index is 11.5. The normalized spacial score (nSPS) is 11.0. The molecule has 1 heterocycles. The van der Waals surface area contributed by atoms with Crippen LogP contribution in [0.1, 0.15) is 20.8 Å². The Bertz CT molecular complexity index is 658. The van der Waals surface area contributed by atoms with E-state index in [1.165, 1.54) is 0 Å². The lowest BCUT2D eigenvalue weighted by Gasteiger charge is -2.19. The van der Waals surface area contributed by atoms with Crippen LogP contribution < -0.4 is 14.8 Å². The Hall–Kier alpha value is -2.70. The number of hydrogen-bond donors (Lipinski definition) is 1. The Morgan fingerprint density at radius 3 is 2.58 bits per heavy atom. The van der Waals surface area contributed by atoms with Crippen LogP contribution in [-0.2, 0) is 4.74 Å². The zero-order valence-corrected chi connectivity index (χ0v) is 14.3. The van der Waals surface area contributed by atoms with Crippen LogP contribution in [0.15, 0.2) is 34.9 Å². The molecule has 0 aliphatic rings. The van der Waals surface area contributed by atoms with Crippen molar-refractivity contribution in [1.29, 1.82) is 0 Å². The highest BCUT2D eigenvalue weighted by Crippen LogP contribution is 2.25. The first-order valence-electron chi connectivity index (χ1n) is 7.58. The molecule has 1 aromatic carbocycles. The molecule has 24 heavy (non-hydrogen) atoms. The summed E-state index contributed by atoms with van der Waals surface area (Å²) in [6.45, 7) is 5.98. The van der Waals surface area contributed by atoms with Crippen LogP contribution >= 0.6 is 0 Å². The van der Waals surface area contributed by atoms with E-state index >= 15 is 0 Å². The van der Waals surface area contributed by atoms with Gasteiger partial charge in [-0.3, -0.25) is 0 Å². The van der Waals surface area contributed by atoms with E-state index in [9.17, 15) is 4.79 Å². The van der Waals surface area contributed by atoms with Gasteiger partial charge in [0.25, 0.3) is 5.88 Å². The van der Waals surface area contributed by atoms with Gasteiger partial charge in [-0.15, -0.1) is 0 Å². The number of ether oxygens (including phenoxy) is 3. The maximum Gasteiger partial charge on any atom is 0.407 e. The maximum atomic E-state index is 11.5. The predicted octanol–water partition coefficient (Wildman–Crippen LogP) is 3.25. The Labute approximate surface area is 140 Å². The third-order valence-electron chi connectivity index (χ3n) is 2.88. The zero-order valence-electron chi connectivity index (χ0n) is 14.3. The summed E-state index contributed by atoms with van der Waals surface area (Å²) in [5.41, 5.74) is 0.342. The Balaban J connectivity index is 1.78. The van der Waals surface area contributed by atoms with Gasteiger partial charge in [-0.1, -0.05) is 0 Å². The second kappa shape index (κ2) is 7.72. The molecule has 130 valence electrons. The van der Waals surface area contributed by atoms with Gasteiger partial charge in [-0.2, -0.15) is 0 Å². The van der Waals surface area contributed by atoms with Crippen molar-refractivity contribution >= 4 is 6.09 Å². The Morgan fingerprint density at radius 1 is 1.25 bits per heavy atom. The number of methoxy groups -OCH3 is 1. The van der Waals surface area contributed by atoms with Crippen molar-refractivity contribution in [2.24, 2.45) is 0 Å². The van der Waals surface area contributed by atoms with E-state index in [0.29, 0.717) is 18.2 Å². The third kappa shape index (κ3) is 5.49. The van der Waals surface area contributed by atoms with E-state index in [-0.39, 0.29) is 6.61 Å². The number of nitrogens with zero attached hydrogens (tertiary/aromatic N) is 1. The number of aromatic nitrogens is 1. The van der Waals surface area contributed by atoms with Crippen molar-refractivity contribution in [3.05, 3.63) is 30.3 Å². The molecule has 1 N–H and O–H groups in total. The molecule has 7 heteroatoms. The number of alkyl carbamates (subject to hydrolysis) is 1. The van der Waals surface area contributed by atoms with Crippen molar-refractivity contribution in [2.75, 3.05) is 20.3 Å². The summed E-state index contributed by atoms with van der Waals surface area (Å²) < 4.78 is 20.9. The molecule has 0 fully saturated rings. The number of carbonyl (C=O) groups is 1. The molecule has 7 nitrogen and oxygen atoms in total. The highest BCUT2D eigenvalue weighted by Gasteiger charge is 2.15. The number of carbonyl (C=O) groups excluding carboxylic acids is 1. The number of nitrogens with one attached hydrogen (secondary N) is 1. The molecule has 0 unspecified atom stereocenters. The molecular weight excluding hydrogens is 312 g/mol. The number of benzene rings is 1. The summed E-state index contributed by atoms with van der Waals surface area (Å²) in [5.74, 6) is 1.71. The van der Waals surface area contributed by atoms with Crippen LogP contribution in [0.25, 0.3) is 11.3 Å². The van der Waals surface area contributed by atoms with Gasteiger partial charge in [0.2, 0.25) is 0 Å². The minimum atomic E-state index is -0.523. The highest BCUT2D eigenvalue weighted by atomic mass is 16.6. The van der Waals surface area contributed by atoms with Crippen LogP contribution in [0.3, 0.4) is 0 Å². The molecule has 0 aliphatic heterocycles. The first-order chi connectivity index (χ1) is 11.4. The molecule has 1 amide bonds. The minimum Gasteiger partial charge on any atom is -0.497 e. The van der Waals surface area contributed by atoms with E-state index in [1.807, 2.05) is 24.3 Å². The van der Waals surface area contributed by atoms with E-state index in [0.717, 1.165) is 11.3 Å². The summed E-state index contributed by atoms with van der Waals surface area (Å²) >= 11 is 0. The second-order valence-corrected chi connectivity index (χ2v) is 6.04. The van der Waals surface area contributed by atoms with E-state index in [4.69, 9.17) is 18.7 Å². The molecule has 2 aromatic rings. The van der Waals surface area contributed by atoms with Gasteiger partial charge in [-0.25, -0.2) is 4.79 Å². The molecule has 0 bridgehead atoms. The average molecular weight is 334 g/mol. The van der Waals surface area contributed by atoms with Gasteiger partial charge >= 0.3 is 6.09 Å². The lowest BCUT2D eigenvalue weighted by molar-refractivity contribution is 0.0519. The Kier molecular flexibility index (Phi) is 5.68. The summed E-state index contributed by atoms with van der Waals surface area (Å²) in [6.07, 6.45) is -0.481. The molecule has 0 atom stereocenters.